The number of nitrogens with two attached hydrogens (primary N) is 1. The molecule has 3 N–H and O–H groups in total. The molecule has 2 amide bonds. The van der Waals surface area contributed by atoms with Gasteiger partial charge in [0.1, 0.15) is 5.69 Å². The number of carbonyl (C=O) groups excluding carboxylic acids is 1. The zero-order chi connectivity index (χ0) is 14.8. The molecule has 106 valence electrons. The molecule has 21 heavy (non-hydrogen) atoms. The molecule has 0 radical (unpaired) electrons. The summed E-state index contributed by atoms with van der Waals surface area (Å²) >= 11 is 0. The lowest BCUT2D eigenvalue weighted by Crippen LogP contribution is -2.34. The number of anilines is 3. The number of nitrogens with one attached hydrogen (secondary N) is 1. The van der Waals surface area contributed by atoms with Crippen LogP contribution >= 0.6 is 0 Å². The Morgan fingerprint density at radius 1 is 1.29 bits per heavy atom. The van der Waals surface area contributed by atoms with Gasteiger partial charge in [0.05, 0.1) is 5.69 Å². The molecular formula is C14H14N6O. The Bertz CT molecular complexity index is 783. The van der Waals surface area contributed by atoms with Crippen molar-refractivity contribution in [2.45, 2.75) is 0 Å². The third-order valence-corrected chi connectivity index (χ3v) is 3.05. The van der Waals surface area contributed by atoms with E-state index in [0.29, 0.717) is 17.0 Å². The smallest absolute Gasteiger partial charge is 0.326 e. The highest BCUT2D eigenvalue weighted by Gasteiger charge is 2.24. The summed E-state index contributed by atoms with van der Waals surface area (Å²) in [5.74, 6) is 0.237. The number of hydrogen-bond acceptors (Lipinski definition) is 4. The molecule has 0 saturated heterocycles. The second-order valence-corrected chi connectivity index (χ2v) is 4.35. The minimum atomic E-state index is -0.312. The highest BCUT2D eigenvalue weighted by Crippen LogP contribution is 2.33. The van der Waals surface area contributed by atoms with Crippen LogP contribution in [0.15, 0.2) is 48.8 Å². The van der Waals surface area contributed by atoms with Gasteiger partial charge in [0.2, 0.25) is 0 Å². The van der Waals surface area contributed by atoms with Crippen molar-refractivity contribution in [1.82, 2.24) is 19.9 Å². The summed E-state index contributed by atoms with van der Waals surface area (Å²) in [4.78, 5) is 18.0. The van der Waals surface area contributed by atoms with E-state index >= 15 is 0 Å². The van der Waals surface area contributed by atoms with Crippen molar-refractivity contribution in [1.29, 1.82) is 0 Å². The number of hydrogen-bond donors (Lipinski definition) is 2. The quantitative estimate of drug-likeness (QED) is 0.750. The van der Waals surface area contributed by atoms with Gasteiger partial charge in [-0.3, -0.25) is 4.90 Å². The van der Waals surface area contributed by atoms with Crippen molar-refractivity contribution >= 4 is 28.9 Å². The minimum Gasteiger partial charge on any atom is -0.380 e. The summed E-state index contributed by atoms with van der Waals surface area (Å²) in [7, 11) is 1.56. The number of para-hydroxylation sites is 1. The molecule has 2 aromatic heterocycles. The normalized spacial score (nSPS) is 10.5. The van der Waals surface area contributed by atoms with Crippen molar-refractivity contribution in [2.24, 2.45) is 0 Å². The summed E-state index contributed by atoms with van der Waals surface area (Å²) in [6, 6.07) is 10.6. The number of rotatable bonds is 2. The molecule has 7 heteroatoms. The van der Waals surface area contributed by atoms with E-state index in [9.17, 15) is 4.79 Å². The van der Waals surface area contributed by atoms with Gasteiger partial charge in [-0.25, -0.2) is 14.3 Å². The van der Waals surface area contributed by atoms with Crippen LogP contribution in [-0.4, -0.2) is 27.7 Å². The monoisotopic (exact) mass is 282 g/mol. The average molecular weight is 282 g/mol. The molecule has 2 heterocycles. The van der Waals surface area contributed by atoms with E-state index in [1.165, 1.54) is 4.90 Å². The van der Waals surface area contributed by atoms with Gasteiger partial charge in [-0.15, -0.1) is 5.10 Å². The standard InChI is InChI=1S/C14H14N6O/c1-16-14(21)20(10-6-3-2-4-7-10)11-12(15)18-19-9-5-8-17-13(11)19/h2-9H,1H3,(H2,15,18)(H,16,21). The van der Waals surface area contributed by atoms with Crippen molar-refractivity contribution < 1.29 is 4.79 Å². The zero-order valence-corrected chi connectivity index (χ0v) is 11.4. The van der Waals surface area contributed by atoms with Crippen LogP contribution in [-0.2, 0) is 0 Å². The third-order valence-electron chi connectivity index (χ3n) is 3.05. The fourth-order valence-corrected chi connectivity index (χ4v) is 2.14. The van der Waals surface area contributed by atoms with E-state index in [2.05, 4.69) is 15.4 Å². The first-order valence-corrected chi connectivity index (χ1v) is 6.38. The second kappa shape index (κ2) is 5.12. The minimum absolute atomic E-state index is 0.237. The van der Waals surface area contributed by atoms with Crippen LogP contribution in [0.2, 0.25) is 0 Å². The lowest BCUT2D eigenvalue weighted by Gasteiger charge is -2.21. The molecule has 0 bridgehead atoms. The lowest BCUT2D eigenvalue weighted by molar-refractivity contribution is 0.250. The van der Waals surface area contributed by atoms with Crippen LogP contribution in [0.25, 0.3) is 5.65 Å². The van der Waals surface area contributed by atoms with Gasteiger partial charge in [0.25, 0.3) is 0 Å². The predicted octanol–water partition coefficient (Wildman–Crippen LogP) is 1.79. The van der Waals surface area contributed by atoms with Crippen LogP contribution in [0.4, 0.5) is 22.0 Å². The van der Waals surface area contributed by atoms with Gasteiger partial charge in [0.15, 0.2) is 11.5 Å². The van der Waals surface area contributed by atoms with Crippen LogP contribution in [0.5, 0.6) is 0 Å². The average Bonchev–Trinajstić information content (AvgIpc) is 2.85. The molecule has 1 aromatic carbocycles. The van der Waals surface area contributed by atoms with Gasteiger partial charge in [0, 0.05) is 19.4 Å². The van der Waals surface area contributed by atoms with Crippen LogP contribution in [0.3, 0.4) is 0 Å². The van der Waals surface area contributed by atoms with E-state index in [-0.39, 0.29) is 11.8 Å². The van der Waals surface area contributed by atoms with E-state index in [1.54, 1.807) is 30.0 Å². The molecule has 0 aliphatic heterocycles. The van der Waals surface area contributed by atoms with Gasteiger partial charge < -0.3 is 11.1 Å². The number of amides is 2. The SMILES string of the molecule is CNC(=O)N(c1ccccc1)c1c(N)nn2cccnc12. The summed E-state index contributed by atoms with van der Waals surface area (Å²) < 4.78 is 1.55. The van der Waals surface area contributed by atoms with Crippen molar-refractivity contribution in [3.63, 3.8) is 0 Å². The Kier molecular flexibility index (Phi) is 3.15. The predicted molar refractivity (Wildman–Crippen MR) is 80.4 cm³/mol. The molecule has 0 spiro atoms. The van der Waals surface area contributed by atoms with Crippen LogP contribution < -0.4 is 16.0 Å². The van der Waals surface area contributed by atoms with Gasteiger partial charge in [-0.2, -0.15) is 0 Å². The van der Waals surface area contributed by atoms with Crippen molar-refractivity contribution in [3.05, 3.63) is 48.8 Å². The first kappa shape index (κ1) is 12.9. The number of carbonyl (C=O) groups is 1. The Morgan fingerprint density at radius 2 is 2.05 bits per heavy atom. The molecule has 0 saturated carbocycles. The fraction of sp³-hybridized carbons (Fsp3) is 0.0714. The number of urea groups is 1. The maximum atomic E-state index is 12.3. The number of fused-ring (bicyclic) bond motifs is 1. The molecule has 0 atom stereocenters. The van der Waals surface area contributed by atoms with Gasteiger partial charge in [-0.1, -0.05) is 18.2 Å². The maximum Gasteiger partial charge on any atom is 0.326 e. The number of nitrogens with zero attached hydrogens (tertiary/aromatic N) is 4. The van der Waals surface area contributed by atoms with Gasteiger partial charge in [-0.05, 0) is 18.2 Å². The molecule has 0 aliphatic rings. The second-order valence-electron chi connectivity index (χ2n) is 4.35. The molecule has 7 nitrogen and oxygen atoms in total. The van der Waals surface area contributed by atoms with Gasteiger partial charge >= 0.3 is 6.03 Å². The van der Waals surface area contributed by atoms with E-state index in [1.807, 2.05) is 30.3 Å². The van der Waals surface area contributed by atoms with Crippen molar-refractivity contribution in [2.75, 3.05) is 17.7 Å². The number of nitrogen functional groups attached to an aromatic ring is 1. The van der Waals surface area contributed by atoms with E-state index < -0.39 is 0 Å². The summed E-state index contributed by atoms with van der Waals surface area (Å²) in [5, 5.41) is 6.80. The third kappa shape index (κ3) is 2.14. The number of aromatic nitrogens is 3. The molecular weight excluding hydrogens is 268 g/mol. The topological polar surface area (TPSA) is 88.5 Å². The maximum absolute atomic E-state index is 12.3. The molecule has 3 rings (SSSR count). The summed E-state index contributed by atoms with van der Waals surface area (Å²) in [5.41, 5.74) is 7.65. The fourth-order valence-electron chi connectivity index (χ4n) is 2.14. The van der Waals surface area contributed by atoms with Crippen LogP contribution in [0.1, 0.15) is 0 Å². The molecule has 0 unspecified atom stereocenters. The Balaban J connectivity index is 2.24. The largest absolute Gasteiger partial charge is 0.380 e. The highest BCUT2D eigenvalue weighted by molar-refractivity contribution is 6.05. The Hall–Kier alpha value is -3.09. The van der Waals surface area contributed by atoms with E-state index in [0.717, 1.165) is 0 Å². The van der Waals surface area contributed by atoms with Crippen LogP contribution in [0, 0.1) is 0 Å². The van der Waals surface area contributed by atoms with Crippen molar-refractivity contribution in [3.8, 4) is 0 Å². The summed E-state index contributed by atoms with van der Waals surface area (Å²) in [6.07, 6.45) is 3.36. The highest BCUT2D eigenvalue weighted by atomic mass is 16.2. The molecule has 3 aromatic rings. The Morgan fingerprint density at radius 3 is 2.76 bits per heavy atom. The first-order chi connectivity index (χ1) is 10.2. The Labute approximate surface area is 121 Å². The molecule has 0 aliphatic carbocycles. The zero-order valence-electron chi connectivity index (χ0n) is 11.4. The van der Waals surface area contributed by atoms with E-state index in [4.69, 9.17) is 5.73 Å². The number of benzene rings is 1. The summed E-state index contributed by atoms with van der Waals surface area (Å²) in [6.45, 7) is 0. The molecule has 0 fully saturated rings. The lowest BCUT2D eigenvalue weighted by atomic mass is 10.2. The first-order valence-electron chi connectivity index (χ1n) is 6.38.